The van der Waals surface area contributed by atoms with E-state index in [1.807, 2.05) is 55.8 Å². The summed E-state index contributed by atoms with van der Waals surface area (Å²) in [5, 5.41) is 7.58. The molecule has 0 spiro atoms. The summed E-state index contributed by atoms with van der Waals surface area (Å²) in [6.07, 6.45) is 3.37. The van der Waals surface area contributed by atoms with Crippen LogP contribution in [0.25, 0.3) is 5.82 Å². The highest BCUT2D eigenvalue weighted by molar-refractivity contribution is 9.10. The van der Waals surface area contributed by atoms with Gasteiger partial charge < -0.3 is 10.2 Å². The minimum Gasteiger partial charge on any atom is -0.356 e. The number of aryl methyl sites for hydroxylation is 3. The quantitative estimate of drug-likeness (QED) is 0.620. The third-order valence-electron chi connectivity index (χ3n) is 5.41. The minimum atomic E-state index is -0.0881. The number of piperidine rings is 1. The Bertz CT molecular complexity index is 1080. The average molecular weight is 469 g/mol. The summed E-state index contributed by atoms with van der Waals surface area (Å²) in [7, 11) is 0. The smallest absolute Gasteiger partial charge is 0.229 e. The van der Waals surface area contributed by atoms with Gasteiger partial charge in [0, 0.05) is 35.0 Å². The summed E-state index contributed by atoms with van der Waals surface area (Å²) < 4.78 is 2.86. The van der Waals surface area contributed by atoms with Crippen LogP contribution in [0.2, 0.25) is 0 Å². The number of nitrogens with one attached hydrogen (secondary N) is 1. The van der Waals surface area contributed by atoms with E-state index in [1.165, 1.54) is 0 Å². The second-order valence-electron chi connectivity index (χ2n) is 7.81. The third kappa shape index (κ3) is 4.38. The molecule has 0 aliphatic carbocycles. The van der Waals surface area contributed by atoms with Gasteiger partial charge in [0.15, 0.2) is 5.82 Å². The Morgan fingerprint density at radius 3 is 2.67 bits per heavy atom. The zero-order valence-corrected chi connectivity index (χ0v) is 19.0. The summed E-state index contributed by atoms with van der Waals surface area (Å²) in [6, 6.07) is 9.82. The van der Waals surface area contributed by atoms with Gasteiger partial charge in [-0.15, -0.1) is 0 Å². The second kappa shape index (κ2) is 8.55. The van der Waals surface area contributed by atoms with Crippen molar-refractivity contribution in [3.63, 3.8) is 0 Å². The van der Waals surface area contributed by atoms with Crippen molar-refractivity contribution in [3.8, 4) is 5.82 Å². The third-order valence-corrected chi connectivity index (χ3v) is 6.30. The van der Waals surface area contributed by atoms with Crippen LogP contribution in [0.1, 0.15) is 29.8 Å². The van der Waals surface area contributed by atoms with Gasteiger partial charge in [0.05, 0.1) is 11.6 Å². The lowest BCUT2D eigenvalue weighted by molar-refractivity contribution is -0.120. The largest absolute Gasteiger partial charge is 0.356 e. The number of hydrogen-bond acceptors (Lipinski definition) is 5. The summed E-state index contributed by atoms with van der Waals surface area (Å²) in [5.41, 5.74) is 3.89. The van der Waals surface area contributed by atoms with Crippen LogP contribution < -0.4 is 10.2 Å². The average Bonchev–Trinajstić information content (AvgIpc) is 3.09. The van der Waals surface area contributed by atoms with Crippen LogP contribution >= 0.6 is 15.9 Å². The van der Waals surface area contributed by atoms with Gasteiger partial charge in [0.25, 0.3) is 0 Å². The molecule has 4 rings (SSSR count). The van der Waals surface area contributed by atoms with Crippen LogP contribution in [-0.2, 0) is 4.79 Å². The number of aromatic nitrogens is 4. The van der Waals surface area contributed by atoms with Gasteiger partial charge in [-0.25, -0.2) is 14.6 Å². The molecule has 8 heteroatoms. The van der Waals surface area contributed by atoms with Crippen molar-refractivity contribution in [3.05, 3.63) is 58.1 Å². The first kappa shape index (κ1) is 20.5. The van der Waals surface area contributed by atoms with E-state index >= 15 is 0 Å². The molecule has 1 aliphatic rings. The van der Waals surface area contributed by atoms with E-state index < -0.39 is 0 Å². The lowest BCUT2D eigenvalue weighted by atomic mass is 9.97. The molecule has 1 atom stereocenters. The highest BCUT2D eigenvalue weighted by atomic mass is 79.9. The topological polar surface area (TPSA) is 75.9 Å². The van der Waals surface area contributed by atoms with Gasteiger partial charge in [-0.2, -0.15) is 5.10 Å². The minimum absolute atomic E-state index is 0.0502. The van der Waals surface area contributed by atoms with E-state index in [9.17, 15) is 4.79 Å². The maximum absolute atomic E-state index is 12.9. The van der Waals surface area contributed by atoms with Gasteiger partial charge in [-0.05, 0) is 63.4 Å². The Hall–Kier alpha value is -2.74. The van der Waals surface area contributed by atoms with Crippen molar-refractivity contribution in [2.45, 2.75) is 33.6 Å². The van der Waals surface area contributed by atoms with Crippen molar-refractivity contribution in [1.82, 2.24) is 19.7 Å². The molecule has 1 amide bonds. The predicted octanol–water partition coefficient (Wildman–Crippen LogP) is 4.21. The first-order chi connectivity index (χ1) is 14.4. The highest BCUT2D eigenvalue weighted by Gasteiger charge is 2.27. The first-order valence-corrected chi connectivity index (χ1v) is 10.9. The second-order valence-corrected chi connectivity index (χ2v) is 8.67. The molecule has 1 aromatic carbocycles. The number of hydrogen-bond donors (Lipinski definition) is 1. The van der Waals surface area contributed by atoms with Crippen LogP contribution in [0, 0.1) is 26.7 Å². The Labute approximate surface area is 184 Å². The fourth-order valence-corrected chi connectivity index (χ4v) is 4.10. The molecule has 1 N–H and O–H groups in total. The Kier molecular flexibility index (Phi) is 5.85. The van der Waals surface area contributed by atoms with E-state index in [0.717, 1.165) is 58.1 Å². The van der Waals surface area contributed by atoms with E-state index in [4.69, 9.17) is 0 Å². The van der Waals surface area contributed by atoms with E-state index in [1.54, 1.807) is 6.33 Å². The number of carbonyl (C=O) groups is 1. The summed E-state index contributed by atoms with van der Waals surface area (Å²) in [4.78, 5) is 23.9. The van der Waals surface area contributed by atoms with Gasteiger partial charge in [0.1, 0.15) is 12.1 Å². The molecule has 1 saturated heterocycles. The van der Waals surface area contributed by atoms with E-state index in [-0.39, 0.29) is 11.8 Å². The number of rotatable bonds is 4. The van der Waals surface area contributed by atoms with Crippen LogP contribution in [0.15, 0.2) is 41.1 Å². The lowest BCUT2D eigenvalue weighted by Crippen LogP contribution is -2.41. The number of amides is 1. The summed E-state index contributed by atoms with van der Waals surface area (Å²) in [6.45, 7) is 7.49. The molecule has 1 unspecified atom stereocenters. The Morgan fingerprint density at radius 1 is 1.13 bits per heavy atom. The number of halogens is 1. The zero-order valence-electron chi connectivity index (χ0n) is 17.4. The molecule has 0 radical (unpaired) electrons. The van der Waals surface area contributed by atoms with E-state index in [0.29, 0.717) is 6.54 Å². The predicted molar refractivity (Wildman–Crippen MR) is 121 cm³/mol. The number of nitrogens with zero attached hydrogens (tertiary/aromatic N) is 5. The molecule has 30 heavy (non-hydrogen) atoms. The van der Waals surface area contributed by atoms with Crippen LogP contribution in [0.5, 0.6) is 0 Å². The normalized spacial score (nSPS) is 16.5. The molecule has 156 valence electrons. The van der Waals surface area contributed by atoms with Crippen molar-refractivity contribution >= 4 is 33.3 Å². The number of anilines is 2. The monoisotopic (exact) mass is 468 g/mol. The van der Waals surface area contributed by atoms with E-state index in [2.05, 4.69) is 41.2 Å². The van der Waals surface area contributed by atoms with Crippen molar-refractivity contribution in [1.29, 1.82) is 0 Å². The highest BCUT2D eigenvalue weighted by Crippen LogP contribution is 2.25. The fraction of sp³-hybridized carbons (Fsp3) is 0.364. The molecule has 7 nitrogen and oxygen atoms in total. The molecule has 3 aromatic rings. The van der Waals surface area contributed by atoms with Gasteiger partial charge in [-0.1, -0.05) is 15.9 Å². The van der Waals surface area contributed by atoms with Crippen molar-refractivity contribution in [2.24, 2.45) is 5.92 Å². The Balaban J connectivity index is 1.48. The first-order valence-electron chi connectivity index (χ1n) is 10.1. The van der Waals surface area contributed by atoms with Crippen LogP contribution in [-0.4, -0.2) is 38.7 Å². The summed E-state index contributed by atoms with van der Waals surface area (Å²) >= 11 is 3.50. The Morgan fingerprint density at radius 2 is 1.93 bits per heavy atom. The molecule has 1 aliphatic heterocycles. The SMILES string of the molecule is Cc1cc(C)n(-c2cc(N3CCCC(C(=O)Nc4ccc(Br)c(C)c4)C3)ncn2)n1. The van der Waals surface area contributed by atoms with Crippen molar-refractivity contribution in [2.75, 3.05) is 23.3 Å². The molecular formula is C22H25BrN6O. The van der Waals surface area contributed by atoms with Gasteiger partial charge in [0.2, 0.25) is 5.91 Å². The lowest BCUT2D eigenvalue weighted by Gasteiger charge is -2.33. The maximum Gasteiger partial charge on any atom is 0.229 e. The number of carbonyl (C=O) groups excluding carboxylic acids is 1. The van der Waals surface area contributed by atoms with Gasteiger partial charge >= 0.3 is 0 Å². The molecule has 0 bridgehead atoms. The summed E-state index contributed by atoms with van der Waals surface area (Å²) in [5.74, 6) is 1.52. The molecular weight excluding hydrogens is 444 g/mol. The van der Waals surface area contributed by atoms with Gasteiger partial charge in [-0.3, -0.25) is 4.79 Å². The molecule has 0 saturated carbocycles. The van der Waals surface area contributed by atoms with Crippen molar-refractivity contribution < 1.29 is 4.79 Å². The molecule has 3 heterocycles. The number of benzene rings is 1. The standard InChI is InChI=1S/C22H25BrN6O/c1-14-9-18(6-7-19(14)23)26-22(30)17-5-4-8-28(12-17)20-11-21(25-13-24-20)29-16(3)10-15(2)27-29/h6-7,9-11,13,17H,4-5,8,12H2,1-3H3,(H,26,30). The zero-order chi connectivity index (χ0) is 21.3. The van der Waals surface area contributed by atoms with Crippen LogP contribution in [0.4, 0.5) is 11.5 Å². The maximum atomic E-state index is 12.9. The molecule has 1 fully saturated rings. The van der Waals surface area contributed by atoms with Crippen LogP contribution in [0.3, 0.4) is 0 Å². The molecule has 2 aromatic heterocycles. The fourth-order valence-electron chi connectivity index (χ4n) is 3.85.